The second-order valence-corrected chi connectivity index (χ2v) is 7.72. The zero-order valence-electron chi connectivity index (χ0n) is 17.5. The summed E-state index contributed by atoms with van der Waals surface area (Å²) < 4.78 is 5.41. The van der Waals surface area contributed by atoms with Gasteiger partial charge in [0.05, 0.1) is 12.8 Å². The van der Waals surface area contributed by atoms with Gasteiger partial charge in [0, 0.05) is 41.7 Å². The van der Waals surface area contributed by atoms with Crippen LogP contribution in [0.1, 0.15) is 29.8 Å². The zero-order chi connectivity index (χ0) is 22.5. The first-order valence-corrected chi connectivity index (χ1v) is 10.3. The molecule has 0 atom stereocenters. The number of carbonyl (C=O) groups excluding carboxylic acids is 3. The van der Waals surface area contributed by atoms with E-state index in [1.807, 2.05) is 30.5 Å². The van der Waals surface area contributed by atoms with E-state index in [-0.39, 0.29) is 17.4 Å². The fourth-order valence-electron chi connectivity index (χ4n) is 2.96. The highest BCUT2D eigenvalue weighted by molar-refractivity contribution is 7.14. The van der Waals surface area contributed by atoms with Crippen molar-refractivity contribution in [2.24, 2.45) is 0 Å². The summed E-state index contributed by atoms with van der Waals surface area (Å²) in [6.07, 6.45) is 0. The first-order chi connectivity index (χ1) is 14.7. The first-order valence-electron chi connectivity index (χ1n) is 9.37. The number of nitrogens with one attached hydrogen (secondary N) is 3. The van der Waals surface area contributed by atoms with Gasteiger partial charge in [0.1, 0.15) is 5.75 Å². The summed E-state index contributed by atoms with van der Waals surface area (Å²) in [6, 6.07) is 10.4. The van der Waals surface area contributed by atoms with Crippen LogP contribution in [-0.2, 0) is 9.59 Å². The van der Waals surface area contributed by atoms with Crippen LogP contribution in [0, 0.1) is 6.92 Å². The predicted octanol–water partition coefficient (Wildman–Crippen LogP) is 4.30. The van der Waals surface area contributed by atoms with E-state index in [0.717, 1.165) is 11.1 Å². The predicted molar refractivity (Wildman–Crippen MR) is 122 cm³/mol. The molecule has 160 valence electrons. The molecule has 0 radical (unpaired) electrons. The number of benzene rings is 2. The van der Waals surface area contributed by atoms with Gasteiger partial charge in [-0.3, -0.25) is 19.7 Å². The third kappa shape index (κ3) is 5.67. The number of carbonyl (C=O) groups is 3. The van der Waals surface area contributed by atoms with Crippen LogP contribution in [0.5, 0.6) is 5.75 Å². The minimum atomic E-state index is -0.420. The van der Waals surface area contributed by atoms with E-state index in [0.29, 0.717) is 27.9 Å². The molecular weight excluding hydrogens is 416 g/mol. The highest BCUT2D eigenvalue weighted by Gasteiger charge is 2.15. The lowest BCUT2D eigenvalue weighted by molar-refractivity contribution is -0.115. The molecule has 2 aromatic carbocycles. The van der Waals surface area contributed by atoms with E-state index >= 15 is 0 Å². The molecule has 3 amide bonds. The molecule has 0 fully saturated rings. The number of ether oxygens (including phenoxy) is 1. The Morgan fingerprint density at radius 2 is 1.58 bits per heavy atom. The van der Waals surface area contributed by atoms with Gasteiger partial charge in [-0.25, -0.2) is 4.98 Å². The molecule has 0 aliphatic rings. The number of aromatic nitrogens is 1. The molecule has 3 N–H and O–H groups in total. The summed E-state index contributed by atoms with van der Waals surface area (Å²) in [5.41, 5.74) is 3.64. The Balaban J connectivity index is 1.86. The number of hydrogen-bond acceptors (Lipinski definition) is 6. The van der Waals surface area contributed by atoms with Crippen LogP contribution in [0.15, 0.2) is 41.8 Å². The molecule has 9 heteroatoms. The van der Waals surface area contributed by atoms with Crippen LogP contribution in [-0.4, -0.2) is 29.8 Å². The van der Waals surface area contributed by atoms with Crippen molar-refractivity contribution in [1.82, 2.24) is 4.98 Å². The smallest absolute Gasteiger partial charge is 0.257 e. The third-order valence-corrected chi connectivity index (χ3v) is 4.95. The normalized spacial score (nSPS) is 10.3. The maximum atomic E-state index is 12.8. The van der Waals surface area contributed by atoms with Gasteiger partial charge >= 0.3 is 0 Å². The summed E-state index contributed by atoms with van der Waals surface area (Å²) >= 11 is 1.28. The maximum Gasteiger partial charge on any atom is 0.257 e. The fourth-order valence-corrected chi connectivity index (χ4v) is 3.66. The van der Waals surface area contributed by atoms with Gasteiger partial charge in [-0.15, -0.1) is 11.3 Å². The maximum absolute atomic E-state index is 12.8. The van der Waals surface area contributed by atoms with Gasteiger partial charge < -0.3 is 15.4 Å². The fraction of sp³-hybridized carbons (Fsp3) is 0.182. The standard InChI is InChI=1S/C22H22N4O4S/c1-12-5-6-20(30-4)18(7-12)19-11-31-22(25-19)26-21(29)15-8-16(23-13(2)27)10-17(9-15)24-14(3)28/h5-11H,1-4H3,(H,23,27)(H,24,28)(H,25,26,29). The largest absolute Gasteiger partial charge is 0.496 e. The number of amides is 3. The summed E-state index contributed by atoms with van der Waals surface area (Å²) in [5, 5.41) is 10.3. The Kier molecular flexibility index (Phi) is 6.66. The molecule has 31 heavy (non-hydrogen) atoms. The zero-order valence-corrected chi connectivity index (χ0v) is 18.3. The molecule has 0 aliphatic heterocycles. The SMILES string of the molecule is COc1ccc(C)cc1-c1csc(NC(=O)c2cc(NC(C)=O)cc(NC(C)=O)c2)n1. The topological polar surface area (TPSA) is 109 Å². The van der Waals surface area contributed by atoms with Crippen LogP contribution in [0.4, 0.5) is 16.5 Å². The van der Waals surface area contributed by atoms with Gasteiger partial charge in [0.15, 0.2) is 5.13 Å². The summed E-state index contributed by atoms with van der Waals surface area (Å²) in [5.74, 6) is -0.307. The monoisotopic (exact) mass is 438 g/mol. The van der Waals surface area contributed by atoms with Gasteiger partial charge in [-0.2, -0.15) is 0 Å². The highest BCUT2D eigenvalue weighted by Crippen LogP contribution is 2.33. The molecule has 3 aromatic rings. The van der Waals surface area contributed by atoms with Crippen molar-refractivity contribution in [3.8, 4) is 17.0 Å². The Hall–Kier alpha value is -3.72. The second kappa shape index (κ2) is 9.40. The second-order valence-electron chi connectivity index (χ2n) is 6.86. The Morgan fingerprint density at radius 3 is 2.16 bits per heavy atom. The van der Waals surface area contributed by atoms with E-state index in [4.69, 9.17) is 4.74 Å². The van der Waals surface area contributed by atoms with Gasteiger partial charge in [-0.05, 0) is 37.3 Å². The van der Waals surface area contributed by atoms with Crippen LogP contribution >= 0.6 is 11.3 Å². The number of thiazole rings is 1. The molecule has 0 saturated carbocycles. The molecule has 1 aromatic heterocycles. The van der Waals surface area contributed by atoms with Crippen LogP contribution < -0.4 is 20.7 Å². The van der Waals surface area contributed by atoms with Gasteiger partial charge in [0.25, 0.3) is 5.91 Å². The molecule has 0 aliphatic carbocycles. The summed E-state index contributed by atoms with van der Waals surface area (Å²) in [7, 11) is 1.60. The lowest BCUT2D eigenvalue weighted by Gasteiger charge is -2.10. The van der Waals surface area contributed by atoms with Crippen LogP contribution in [0.25, 0.3) is 11.3 Å². The first kappa shape index (κ1) is 22.0. The number of hydrogen-bond donors (Lipinski definition) is 3. The lowest BCUT2D eigenvalue weighted by atomic mass is 10.1. The summed E-state index contributed by atoms with van der Waals surface area (Å²) in [6.45, 7) is 4.70. The Labute approximate surface area is 183 Å². The Bertz CT molecular complexity index is 1120. The average molecular weight is 439 g/mol. The van der Waals surface area contributed by atoms with Crippen molar-refractivity contribution in [1.29, 1.82) is 0 Å². The molecule has 0 unspecified atom stereocenters. The number of aryl methyl sites for hydroxylation is 1. The van der Waals surface area contributed by atoms with E-state index < -0.39 is 5.91 Å². The lowest BCUT2D eigenvalue weighted by Crippen LogP contribution is -2.15. The molecule has 0 saturated heterocycles. The van der Waals surface area contributed by atoms with Crippen LogP contribution in [0.2, 0.25) is 0 Å². The van der Waals surface area contributed by atoms with Crippen molar-refractivity contribution < 1.29 is 19.1 Å². The molecule has 3 rings (SSSR count). The van der Waals surface area contributed by atoms with Gasteiger partial charge in [-0.1, -0.05) is 11.6 Å². The van der Waals surface area contributed by atoms with E-state index in [9.17, 15) is 14.4 Å². The van der Waals surface area contributed by atoms with Crippen molar-refractivity contribution in [2.75, 3.05) is 23.1 Å². The quantitative estimate of drug-likeness (QED) is 0.532. The average Bonchev–Trinajstić information content (AvgIpc) is 3.15. The Morgan fingerprint density at radius 1 is 0.935 bits per heavy atom. The molecule has 0 spiro atoms. The highest BCUT2D eigenvalue weighted by atomic mass is 32.1. The third-order valence-electron chi connectivity index (χ3n) is 4.19. The number of methoxy groups -OCH3 is 1. The van der Waals surface area contributed by atoms with E-state index in [2.05, 4.69) is 20.9 Å². The van der Waals surface area contributed by atoms with Crippen molar-refractivity contribution in [3.05, 3.63) is 52.9 Å². The minimum absolute atomic E-state index is 0.264. The molecule has 0 bridgehead atoms. The van der Waals surface area contributed by atoms with Crippen molar-refractivity contribution >= 4 is 45.6 Å². The van der Waals surface area contributed by atoms with Gasteiger partial charge in [0.2, 0.25) is 11.8 Å². The van der Waals surface area contributed by atoms with Crippen LogP contribution in [0.3, 0.4) is 0 Å². The van der Waals surface area contributed by atoms with E-state index in [1.54, 1.807) is 13.2 Å². The minimum Gasteiger partial charge on any atom is -0.496 e. The molecule has 8 nitrogen and oxygen atoms in total. The van der Waals surface area contributed by atoms with Crippen molar-refractivity contribution in [3.63, 3.8) is 0 Å². The van der Waals surface area contributed by atoms with Crippen molar-refractivity contribution in [2.45, 2.75) is 20.8 Å². The number of rotatable bonds is 6. The molecule has 1 heterocycles. The molecular formula is C22H22N4O4S. The number of nitrogens with zero attached hydrogens (tertiary/aromatic N) is 1. The number of anilines is 3. The van der Waals surface area contributed by atoms with E-state index in [1.165, 1.54) is 37.3 Å². The summed E-state index contributed by atoms with van der Waals surface area (Å²) in [4.78, 5) is 40.2.